The quantitative estimate of drug-likeness (QED) is 0.774. The first-order valence-corrected chi connectivity index (χ1v) is 6.84. The van der Waals surface area contributed by atoms with Gasteiger partial charge in [-0.3, -0.25) is 4.79 Å². The first-order valence-electron chi connectivity index (χ1n) is 6.40. The molecule has 0 aromatic rings. The molecule has 1 aliphatic rings. The predicted molar refractivity (Wildman–Crippen MR) is 68.4 cm³/mol. The number of hydrogen-bond acceptors (Lipinski definition) is 2. The normalized spacial score (nSPS) is 31.5. The van der Waals surface area contributed by atoms with Crippen LogP contribution in [0.25, 0.3) is 0 Å². The zero-order valence-electron chi connectivity index (χ0n) is 10.9. The van der Waals surface area contributed by atoms with Gasteiger partial charge in [0.05, 0.1) is 12.7 Å². The second kappa shape index (κ2) is 6.60. The van der Waals surface area contributed by atoms with Crippen LogP contribution in [0.2, 0.25) is 0 Å². The molecule has 0 heterocycles. The van der Waals surface area contributed by atoms with Crippen LogP contribution in [0.15, 0.2) is 0 Å². The molecule has 0 spiro atoms. The molecule has 0 radical (unpaired) electrons. The molecule has 1 aliphatic carbocycles. The van der Waals surface area contributed by atoms with Crippen molar-refractivity contribution < 1.29 is 14.6 Å². The lowest BCUT2D eigenvalue weighted by atomic mass is 9.75. The van der Waals surface area contributed by atoms with Gasteiger partial charge in [-0.25, -0.2) is 0 Å². The summed E-state index contributed by atoms with van der Waals surface area (Å²) in [5, 5.41) is 7.80. The maximum absolute atomic E-state index is 10.6. The minimum Gasteiger partial charge on any atom is -0.480 e. The zero-order chi connectivity index (χ0) is 13.0. The fraction of sp³-hybridized carbons (Fsp3) is 0.923. The average Bonchev–Trinajstić information content (AvgIpc) is 2.25. The van der Waals surface area contributed by atoms with E-state index in [1.807, 2.05) is 0 Å². The van der Waals surface area contributed by atoms with Crippen LogP contribution in [0, 0.1) is 17.8 Å². The number of halogens is 1. The Hall–Kier alpha value is -0.280. The lowest BCUT2D eigenvalue weighted by molar-refractivity contribution is -0.139. The number of carboxylic acid groups (broad SMARTS) is 1. The third-order valence-electron chi connectivity index (χ3n) is 3.69. The van der Waals surface area contributed by atoms with Gasteiger partial charge in [-0.2, -0.15) is 0 Å². The molecule has 1 saturated carbocycles. The van der Waals surface area contributed by atoms with E-state index < -0.39 is 11.3 Å². The Kier molecular flexibility index (Phi) is 5.74. The van der Waals surface area contributed by atoms with Crippen LogP contribution in [0.3, 0.4) is 0 Å². The van der Waals surface area contributed by atoms with Crippen LogP contribution in [0.4, 0.5) is 0 Å². The maximum atomic E-state index is 10.6. The van der Waals surface area contributed by atoms with Crippen LogP contribution in [-0.4, -0.2) is 29.2 Å². The molecule has 0 amide bonds. The number of carboxylic acids is 1. The van der Waals surface area contributed by atoms with Crippen molar-refractivity contribution in [1.29, 1.82) is 0 Å². The summed E-state index contributed by atoms with van der Waals surface area (Å²) < 4.78 is 5.74. The molecular weight excluding hydrogens is 240 g/mol. The van der Waals surface area contributed by atoms with E-state index in [1.165, 1.54) is 12.8 Å². The molecule has 4 atom stereocenters. The van der Waals surface area contributed by atoms with Crippen molar-refractivity contribution in [2.24, 2.45) is 17.8 Å². The summed E-state index contributed by atoms with van der Waals surface area (Å²) >= 11 is 5.67. The number of hydrogen-bond donors (Lipinski definition) is 1. The van der Waals surface area contributed by atoms with E-state index in [0.717, 1.165) is 6.42 Å². The molecule has 1 fully saturated rings. The Bertz CT molecular complexity index is 255. The fourth-order valence-electron chi connectivity index (χ4n) is 2.59. The van der Waals surface area contributed by atoms with Gasteiger partial charge in [0.15, 0.2) is 5.38 Å². The first kappa shape index (κ1) is 14.8. The van der Waals surface area contributed by atoms with Gasteiger partial charge in [0.1, 0.15) is 0 Å². The van der Waals surface area contributed by atoms with Crippen molar-refractivity contribution in [3.63, 3.8) is 0 Å². The molecule has 3 nitrogen and oxygen atoms in total. The van der Waals surface area contributed by atoms with Crippen LogP contribution in [0.5, 0.6) is 0 Å². The minimum atomic E-state index is -1.00. The molecule has 0 aromatic heterocycles. The average molecular weight is 263 g/mol. The van der Waals surface area contributed by atoms with E-state index >= 15 is 0 Å². The highest BCUT2D eigenvalue weighted by atomic mass is 35.5. The molecule has 0 saturated heterocycles. The summed E-state index contributed by atoms with van der Waals surface area (Å²) in [6.07, 6.45) is 3.60. The standard InChI is InChI=1S/C13H23ClO3/c1-8(2)10-5-4-9(3)6-12(10)17-7-11(14)13(15)16/h8-12H,4-7H2,1-3H3,(H,15,16). The Morgan fingerprint density at radius 2 is 2.12 bits per heavy atom. The zero-order valence-corrected chi connectivity index (χ0v) is 11.6. The van der Waals surface area contributed by atoms with E-state index in [2.05, 4.69) is 20.8 Å². The largest absolute Gasteiger partial charge is 0.480 e. The van der Waals surface area contributed by atoms with Crippen molar-refractivity contribution in [1.82, 2.24) is 0 Å². The molecule has 1 rings (SSSR count). The predicted octanol–water partition coefficient (Wildman–Crippen LogP) is 3.16. The molecule has 4 unspecified atom stereocenters. The molecule has 0 aliphatic heterocycles. The highest BCUT2D eigenvalue weighted by Gasteiger charge is 2.32. The lowest BCUT2D eigenvalue weighted by Gasteiger charge is -2.37. The summed E-state index contributed by atoms with van der Waals surface area (Å²) in [6, 6.07) is 0. The molecule has 0 aromatic carbocycles. The van der Waals surface area contributed by atoms with Crippen LogP contribution in [0.1, 0.15) is 40.0 Å². The second-order valence-electron chi connectivity index (χ2n) is 5.50. The van der Waals surface area contributed by atoms with Crippen molar-refractivity contribution in [2.75, 3.05) is 6.61 Å². The highest BCUT2D eigenvalue weighted by Crippen LogP contribution is 2.35. The van der Waals surface area contributed by atoms with E-state index in [1.54, 1.807) is 0 Å². The Morgan fingerprint density at radius 1 is 1.47 bits per heavy atom. The maximum Gasteiger partial charge on any atom is 0.324 e. The Morgan fingerprint density at radius 3 is 2.65 bits per heavy atom. The Balaban J connectivity index is 2.49. The van der Waals surface area contributed by atoms with Crippen LogP contribution in [-0.2, 0) is 9.53 Å². The molecule has 100 valence electrons. The number of carbonyl (C=O) groups is 1. The van der Waals surface area contributed by atoms with Crippen molar-refractivity contribution in [3.8, 4) is 0 Å². The number of ether oxygens (including phenoxy) is 1. The van der Waals surface area contributed by atoms with Crippen molar-refractivity contribution in [3.05, 3.63) is 0 Å². The second-order valence-corrected chi connectivity index (χ2v) is 6.03. The summed E-state index contributed by atoms with van der Waals surface area (Å²) in [6.45, 7) is 6.73. The van der Waals surface area contributed by atoms with Crippen LogP contribution < -0.4 is 0 Å². The van der Waals surface area contributed by atoms with Crippen molar-refractivity contribution in [2.45, 2.75) is 51.5 Å². The summed E-state index contributed by atoms with van der Waals surface area (Å²) in [5.41, 5.74) is 0. The van der Waals surface area contributed by atoms with Gasteiger partial charge in [0.25, 0.3) is 0 Å². The lowest BCUT2D eigenvalue weighted by Crippen LogP contribution is -2.36. The smallest absolute Gasteiger partial charge is 0.324 e. The topological polar surface area (TPSA) is 46.5 Å². The van der Waals surface area contributed by atoms with E-state index in [-0.39, 0.29) is 12.7 Å². The van der Waals surface area contributed by atoms with Gasteiger partial charge in [-0.15, -0.1) is 11.6 Å². The fourth-order valence-corrected chi connectivity index (χ4v) is 2.66. The summed E-state index contributed by atoms with van der Waals surface area (Å²) in [5.74, 6) is 0.764. The third kappa shape index (κ3) is 4.47. The summed E-state index contributed by atoms with van der Waals surface area (Å²) in [4.78, 5) is 10.6. The molecular formula is C13H23ClO3. The van der Waals surface area contributed by atoms with Gasteiger partial charge in [-0.1, -0.05) is 27.2 Å². The van der Waals surface area contributed by atoms with Gasteiger partial charge in [0.2, 0.25) is 0 Å². The minimum absolute atomic E-state index is 0.109. The molecule has 1 N–H and O–H groups in total. The van der Waals surface area contributed by atoms with Crippen molar-refractivity contribution >= 4 is 17.6 Å². The Labute approximate surface area is 108 Å². The van der Waals surface area contributed by atoms with Gasteiger partial charge in [-0.05, 0) is 30.6 Å². The van der Waals surface area contributed by atoms with Gasteiger partial charge < -0.3 is 9.84 Å². The molecule has 17 heavy (non-hydrogen) atoms. The van der Waals surface area contributed by atoms with E-state index in [9.17, 15) is 4.79 Å². The summed E-state index contributed by atoms with van der Waals surface area (Å²) in [7, 11) is 0. The highest BCUT2D eigenvalue weighted by molar-refractivity contribution is 6.29. The van der Waals surface area contributed by atoms with E-state index in [0.29, 0.717) is 17.8 Å². The molecule has 4 heteroatoms. The SMILES string of the molecule is CC1CCC(C(C)C)C(OCC(Cl)C(=O)O)C1. The molecule has 0 bridgehead atoms. The van der Waals surface area contributed by atoms with Crippen LogP contribution >= 0.6 is 11.6 Å². The number of alkyl halides is 1. The van der Waals surface area contributed by atoms with E-state index in [4.69, 9.17) is 21.4 Å². The van der Waals surface area contributed by atoms with Gasteiger partial charge >= 0.3 is 5.97 Å². The first-order chi connectivity index (χ1) is 7.91. The number of aliphatic carboxylic acids is 1. The number of rotatable bonds is 5. The third-order valence-corrected chi connectivity index (χ3v) is 4.00. The monoisotopic (exact) mass is 262 g/mol. The van der Waals surface area contributed by atoms with Gasteiger partial charge in [0, 0.05) is 0 Å².